The SMILES string of the molecule is Nc1ccc(/N=N/c2cccc(Cl)c2)c(Cl)c1. The first-order chi connectivity index (χ1) is 8.15. The van der Waals surface area contributed by atoms with Crippen LogP contribution in [0.15, 0.2) is 52.7 Å². The molecule has 0 saturated carbocycles. The fourth-order valence-corrected chi connectivity index (χ4v) is 1.67. The fourth-order valence-electron chi connectivity index (χ4n) is 1.25. The average Bonchev–Trinajstić information content (AvgIpc) is 2.28. The Bertz CT molecular complexity index is 567. The summed E-state index contributed by atoms with van der Waals surface area (Å²) in [5, 5.41) is 9.16. The van der Waals surface area contributed by atoms with Crippen molar-refractivity contribution in [3.63, 3.8) is 0 Å². The van der Waals surface area contributed by atoms with Crippen LogP contribution in [0, 0.1) is 0 Å². The summed E-state index contributed by atoms with van der Waals surface area (Å²) in [6, 6.07) is 12.2. The van der Waals surface area contributed by atoms with Crippen molar-refractivity contribution in [2.24, 2.45) is 10.2 Å². The standard InChI is InChI=1S/C12H9Cl2N3/c13-8-2-1-3-10(6-8)16-17-12-5-4-9(15)7-11(12)14/h1-7H,15H2/b17-16+. The first-order valence-electron chi connectivity index (χ1n) is 4.87. The molecular formula is C12H9Cl2N3. The minimum atomic E-state index is 0.468. The summed E-state index contributed by atoms with van der Waals surface area (Å²) >= 11 is 11.8. The summed E-state index contributed by atoms with van der Waals surface area (Å²) in [5.74, 6) is 0. The van der Waals surface area contributed by atoms with Gasteiger partial charge in [0.05, 0.1) is 10.7 Å². The van der Waals surface area contributed by atoms with Crippen LogP contribution < -0.4 is 5.73 Å². The van der Waals surface area contributed by atoms with E-state index < -0.39 is 0 Å². The van der Waals surface area contributed by atoms with Crippen molar-refractivity contribution >= 4 is 40.3 Å². The summed E-state index contributed by atoms with van der Waals surface area (Å²) in [4.78, 5) is 0. The first kappa shape index (κ1) is 11.9. The van der Waals surface area contributed by atoms with E-state index in [0.717, 1.165) is 0 Å². The van der Waals surface area contributed by atoms with E-state index in [2.05, 4.69) is 10.2 Å². The minimum absolute atomic E-state index is 0.468. The zero-order chi connectivity index (χ0) is 12.3. The van der Waals surface area contributed by atoms with Crippen LogP contribution in [-0.4, -0.2) is 0 Å². The van der Waals surface area contributed by atoms with E-state index in [1.165, 1.54) is 0 Å². The molecule has 0 aliphatic carbocycles. The topological polar surface area (TPSA) is 50.7 Å². The maximum atomic E-state index is 5.97. The number of anilines is 1. The van der Waals surface area contributed by atoms with E-state index in [4.69, 9.17) is 28.9 Å². The molecule has 3 nitrogen and oxygen atoms in total. The molecule has 17 heavy (non-hydrogen) atoms. The first-order valence-corrected chi connectivity index (χ1v) is 5.63. The third kappa shape index (κ3) is 3.19. The van der Waals surface area contributed by atoms with Gasteiger partial charge in [0.15, 0.2) is 0 Å². The molecule has 0 aliphatic rings. The van der Waals surface area contributed by atoms with Gasteiger partial charge in [0, 0.05) is 10.7 Å². The second-order valence-electron chi connectivity index (χ2n) is 3.39. The largest absolute Gasteiger partial charge is 0.399 e. The highest BCUT2D eigenvalue weighted by atomic mass is 35.5. The van der Waals surface area contributed by atoms with Crippen molar-refractivity contribution in [3.05, 3.63) is 52.5 Å². The van der Waals surface area contributed by atoms with Gasteiger partial charge < -0.3 is 5.73 Å². The van der Waals surface area contributed by atoms with E-state index in [-0.39, 0.29) is 0 Å². The zero-order valence-corrected chi connectivity index (χ0v) is 10.3. The molecular weight excluding hydrogens is 257 g/mol. The molecule has 0 saturated heterocycles. The Morgan fingerprint density at radius 2 is 1.76 bits per heavy atom. The van der Waals surface area contributed by atoms with Crippen LogP contribution in [0.1, 0.15) is 0 Å². The van der Waals surface area contributed by atoms with E-state index in [1.54, 1.807) is 42.5 Å². The molecule has 2 aromatic rings. The lowest BCUT2D eigenvalue weighted by Crippen LogP contribution is -1.82. The van der Waals surface area contributed by atoms with Crippen LogP contribution in [0.4, 0.5) is 17.1 Å². The summed E-state index contributed by atoms with van der Waals surface area (Å²) in [6.45, 7) is 0. The highest BCUT2D eigenvalue weighted by molar-refractivity contribution is 6.33. The van der Waals surface area contributed by atoms with Gasteiger partial charge in [-0.25, -0.2) is 0 Å². The number of nitrogens with two attached hydrogens (primary N) is 1. The van der Waals surface area contributed by atoms with Gasteiger partial charge in [0.2, 0.25) is 0 Å². The lowest BCUT2D eigenvalue weighted by molar-refractivity contribution is 1.23. The van der Waals surface area contributed by atoms with Crippen LogP contribution >= 0.6 is 23.2 Å². The summed E-state index contributed by atoms with van der Waals surface area (Å²) in [7, 11) is 0. The van der Waals surface area contributed by atoms with Crippen molar-refractivity contribution in [2.75, 3.05) is 5.73 Å². The van der Waals surface area contributed by atoms with Crippen LogP contribution in [0.5, 0.6) is 0 Å². The monoisotopic (exact) mass is 265 g/mol. The normalized spacial score (nSPS) is 10.9. The molecule has 0 bridgehead atoms. The van der Waals surface area contributed by atoms with E-state index in [0.29, 0.717) is 27.1 Å². The molecule has 2 aromatic carbocycles. The number of benzene rings is 2. The van der Waals surface area contributed by atoms with Crippen LogP contribution in [-0.2, 0) is 0 Å². The molecule has 5 heteroatoms. The summed E-state index contributed by atoms with van der Waals surface area (Å²) < 4.78 is 0. The third-order valence-electron chi connectivity index (χ3n) is 2.05. The number of hydrogen-bond donors (Lipinski definition) is 1. The van der Waals surface area contributed by atoms with Crippen LogP contribution in [0.2, 0.25) is 10.0 Å². The average molecular weight is 266 g/mol. The maximum Gasteiger partial charge on any atom is 0.104 e. The summed E-state index contributed by atoms with van der Waals surface area (Å²) in [6.07, 6.45) is 0. The van der Waals surface area contributed by atoms with Gasteiger partial charge in [-0.15, -0.1) is 5.11 Å². The fraction of sp³-hybridized carbons (Fsp3) is 0. The van der Waals surface area contributed by atoms with Gasteiger partial charge in [0.1, 0.15) is 5.69 Å². The third-order valence-corrected chi connectivity index (χ3v) is 2.59. The lowest BCUT2D eigenvalue weighted by Gasteiger charge is -1.98. The van der Waals surface area contributed by atoms with Gasteiger partial charge in [-0.1, -0.05) is 29.3 Å². The Balaban J connectivity index is 2.26. The van der Waals surface area contributed by atoms with Crippen molar-refractivity contribution in [3.8, 4) is 0 Å². The Kier molecular flexibility index (Phi) is 3.61. The van der Waals surface area contributed by atoms with Crippen LogP contribution in [0.25, 0.3) is 0 Å². The molecule has 0 aliphatic heterocycles. The smallest absolute Gasteiger partial charge is 0.104 e. The van der Waals surface area contributed by atoms with Gasteiger partial charge in [-0.3, -0.25) is 0 Å². The highest BCUT2D eigenvalue weighted by Crippen LogP contribution is 2.28. The highest BCUT2D eigenvalue weighted by Gasteiger charge is 1.99. The Morgan fingerprint density at radius 1 is 0.941 bits per heavy atom. The van der Waals surface area contributed by atoms with Gasteiger partial charge >= 0.3 is 0 Å². The Hall–Kier alpha value is -1.58. The number of hydrogen-bond acceptors (Lipinski definition) is 3. The molecule has 86 valence electrons. The maximum absolute atomic E-state index is 5.97. The number of halogens is 2. The van der Waals surface area contributed by atoms with E-state index >= 15 is 0 Å². The number of nitrogen functional groups attached to an aromatic ring is 1. The quantitative estimate of drug-likeness (QED) is 0.604. The Labute approximate surface area is 109 Å². The summed E-state index contributed by atoms with van der Waals surface area (Å²) in [5.41, 5.74) is 7.42. The van der Waals surface area contributed by atoms with Crippen molar-refractivity contribution in [1.29, 1.82) is 0 Å². The van der Waals surface area contributed by atoms with Gasteiger partial charge in [-0.2, -0.15) is 5.11 Å². The van der Waals surface area contributed by atoms with Crippen molar-refractivity contribution in [2.45, 2.75) is 0 Å². The number of rotatable bonds is 2. The zero-order valence-electron chi connectivity index (χ0n) is 8.77. The molecule has 0 radical (unpaired) electrons. The number of nitrogens with zero attached hydrogens (tertiary/aromatic N) is 2. The molecule has 0 atom stereocenters. The molecule has 0 amide bonds. The van der Waals surface area contributed by atoms with E-state index in [1.807, 2.05) is 0 Å². The molecule has 0 fully saturated rings. The molecule has 0 spiro atoms. The lowest BCUT2D eigenvalue weighted by atomic mass is 10.3. The molecule has 0 unspecified atom stereocenters. The second-order valence-corrected chi connectivity index (χ2v) is 4.23. The van der Waals surface area contributed by atoms with Gasteiger partial charge in [-0.05, 0) is 36.4 Å². The predicted molar refractivity (Wildman–Crippen MR) is 71.5 cm³/mol. The Morgan fingerprint density at radius 3 is 2.47 bits per heavy atom. The number of azo groups is 1. The van der Waals surface area contributed by atoms with E-state index in [9.17, 15) is 0 Å². The van der Waals surface area contributed by atoms with Crippen LogP contribution in [0.3, 0.4) is 0 Å². The molecule has 0 aromatic heterocycles. The minimum Gasteiger partial charge on any atom is -0.399 e. The second kappa shape index (κ2) is 5.17. The van der Waals surface area contributed by atoms with Gasteiger partial charge in [0.25, 0.3) is 0 Å². The molecule has 2 rings (SSSR count). The van der Waals surface area contributed by atoms with Crippen molar-refractivity contribution < 1.29 is 0 Å². The molecule has 2 N–H and O–H groups in total. The van der Waals surface area contributed by atoms with Crippen molar-refractivity contribution in [1.82, 2.24) is 0 Å². The predicted octanol–water partition coefficient (Wildman–Crippen LogP) is 4.99. The molecule has 0 heterocycles.